The first-order valence-electron chi connectivity index (χ1n) is 6.05. The molecule has 0 bridgehead atoms. The van der Waals surface area contributed by atoms with E-state index in [1.165, 1.54) is 6.07 Å². The quantitative estimate of drug-likeness (QED) is 0.517. The van der Waals surface area contributed by atoms with E-state index in [1.807, 2.05) is 6.07 Å². The monoisotopic (exact) mass is 306 g/mol. The molecule has 0 aromatic carbocycles. The molecule has 2 aromatic heterocycles. The topological polar surface area (TPSA) is 98.0 Å². The molecule has 1 amide bonds. The molecule has 0 saturated carbocycles. The predicted molar refractivity (Wildman–Crippen MR) is 76.2 cm³/mol. The number of halogens is 1. The number of rotatable bonds is 5. The van der Waals surface area contributed by atoms with Crippen LogP contribution < -0.4 is 5.32 Å². The van der Waals surface area contributed by atoms with Crippen molar-refractivity contribution < 1.29 is 9.72 Å². The minimum Gasteiger partial charge on any atom is -0.351 e. The van der Waals surface area contributed by atoms with E-state index in [0.29, 0.717) is 13.0 Å². The van der Waals surface area contributed by atoms with Gasteiger partial charge in [0.15, 0.2) is 0 Å². The van der Waals surface area contributed by atoms with Gasteiger partial charge in [-0.1, -0.05) is 17.7 Å². The molecular weight excluding hydrogens is 296 g/mol. The first kappa shape index (κ1) is 14.9. The van der Waals surface area contributed by atoms with Gasteiger partial charge in [-0.2, -0.15) is 0 Å². The molecule has 8 heteroatoms. The van der Waals surface area contributed by atoms with E-state index in [0.717, 1.165) is 11.8 Å². The summed E-state index contributed by atoms with van der Waals surface area (Å²) in [5.41, 5.74) is 0.476. The van der Waals surface area contributed by atoms with Gasteiger partial charge >= 0.3 is 0 Å². The highest BCUT2D eigenvalue weighted by molar-refractivity contribution is 6.29. The van der Waals surface area contributed by atoms with E-state index in [2.05, 4.69) is 15.3 Å². The van der Waals surface area contributed by atoms with Crippen LogP contribution in [0.3, 0.4) is 0 Å². The van der Waals surface area contributed by atoms with Gasteiger partial charge in [-0.05, 0) is 24.1 Å². The van der Waals surface area contributed by atoms with Crippen molar-refractivity contribution in [2.45, 2.75) is 6.42 Å². The second-order valence-electron chi connectivity index (χ2n) is 4.15. The third-order valence-corrected chi connectivity index (χ3v) is 2.92. The number of amides is 1. The van der Waals surface area contributed by atoms with Gasteiger partial charge < -0.3 is 5.32 Å². The molecule has 0 radical (unpaired) electrons. The lowest BCUT2D eigenvalue weighted by Gasteiger charge is -2.06. The van der Waals surface area contributed by atoms with Crippen molar-refractivity contribution in [1.82, 2.24) is 15.3 Å². The first-order valence-corrected chi connectivity index (χ1v) is 6.43. The number of hydrogen-bond acceptors (Lipinski definition) is 5. The van der Waals surface area contributed by atoms with Gasteiger partial charge in [0.1, 0.15) is 16.9 Å². The predicted octanol–water partition coefficient (Wildman–Crippen LogP) is 2.01. The maximum Gasteiger partial charge on any atom is 0.300 e. The number of carbonyl (C=O) groups is 1. The van der Waals surface area contributed by atoms with E-state index in [-0.39, 0.29) is 16.4 Å². The average molecular weight is 307 g/mol. The third kappa shape index (κ3) is 3.96. The zero-order chi connectivity index (χ0) is 15.2. The summed E-state index contributed by atoms with van der Waals surface area (Å²) in [6.07, 6.45) is 4.90. The lowest BCUT2D eigenvalue weighted by Crippen LogP contribution is -2.26. The molecule has 2 rings (SSSR count). The van der Waals surface area contributed by atoms with E-state index >= 15 is 0 Å². The molecule has 7 nitrogen and oxygen atoms in total. The van der Waals surface area contributed by atoms with E-state index < -0.39 is 10.8 Å². The standard InChI is InChI=1S/C13H11ClN4O3/c14-12-6-10(11(8-17-12)18(20)21)13(19)16-5-3-9-2-1-4-15-7-9/h1-2,4,6-8H,3,5H2,(H,16,19). The van der Waals surface area contributed by atoms with Crippen LogP contribution in [0.2, 0.25) is 5.15 Å². The highest BCUT2D eigenvalue weighted by atomic mass is 35.5. The van der Waals surface area contributed by atoms with Gasteiger partial charge in [0.25, 0.3) is 11.6 Å². The lowest BCUT2D eigenvalue weighted by molar-refractivity contribution is -0.385. The largest absolute Gasteiger partial charge is 0.351 e. The van der Waals surface area contributed by atoms with Crippen molar-refractivity contribution in [2.24, 2.45) is 0 Å². The molecule has 0 fully saturated rings. The fourth-order valence-corrected chi connectivity index (χ4v) is 1.87. The Morgan fingerprint density at radius 1 is 1.43 bits per heavy atom. The van der Waals surface area contributed by atoms with Crippen LogP contribution in [-0.4, -0.2) is 27.3 Å². The van der Waals surface area contributed by atoms with Crippen LogP contribution in [0.5, 0.6) is 0 Å². The van der Waals surface area contributed by atoms with Crippen molar-refractivity contribution in [3.05, 3.63) is 63.2 Å². The summed E-state index contributed by atoms with van der Waals surface area (Å²) in [6.45, 7) is 0.335. The second kappa shape index (κ2) is 6.76. The van der Waals surface area contributed by atoms with Crippen molar-refractivity contribution in [3.63, 3.8) is 0 Å². The summed E-state index contributed by atoms with van der Waals surface area (Å²) in [6, 6.07) is 4.86. The molecule has 0 aliphatic heterocycles. The molecule has 108 valence electrons. The number of carbonyl (C=O) groups excluding carboxylic acids is 1. The Morgan fingerprint density at radius 3 is 2.90 bits per heavy atom. The maximum absolute atomic E-state index is 12.0. The van der Waals surface area contributed by atoms with Crippen molar-refractivity contribution in [2.75, 3.05) is 6.54 Å². The van der Waals surface area contributed by atoms with Gasteiger partial charge in [0.2, 0.25) is 0 Å². The number of nitro groups is 1. The Balaban J connectivity index is 2.03. The summed E-state index contributed by atoms with van der Waals surface area (Å²) in [5, 5.41) is 13.5. The highest BCUT2D eigenvalue weighted by Gasteiger charge is 2.21. The van der Waals surface area contributed by atoms with Crippen molar-refractivity contribution >= 4 is 23.2 Å². The van der Waals surface area contributed by atoms with Crippen LogP contribution in [0.25, 0.3) is 0 Å². The van der Waals surface area contributed by atoms with Gasteiger partial charge in [-0.3, -0.25) is 19.9 Å². The third-order valence-electron chi connectivity index (χ3n) is 2.71. The lowest BCUT2D eigenvalue weighted by atomic mass is 10.2. The molecule has 0 spiro atoms. The average Bonchev–Trinajstić information content (AvgIpc) is 2.47. The summed E-state index contributed by atoms with van der Waals surface area (Å²) < 4.78 is 0. The number of nitrogens with zero attached hydrogens (tertiary/aromatic N) is 3. The zero-order valence-electron chi connectivity index (χ0n) is 10.8. The van der Waals surface area contributed by atoms with Crippen LogP contribution in [0.15, 0.2) is 36.8 Å². The molecule has 0 saturated heterocycles. The molecule has 2 aromatic rings. The minimum absolute atomic E-state index is 0.0259. The Hall–Kier alpha value is -2.54. The Morgan fingerprint density at radius 2 is 2.24 bits per heavy atom. The minimum atomic E-state index is -0.667. The van der Waals surface area contributed by atoms with E-state index in [4.69, 9.17) is 11.6 Å². The first-order chi connectivity index (χ1) is 10.1. The van der Waals surface area contributed by atoms with Crippen LogP contribution in [-0.2, 0) is 6.42 Å². The summed E-state index contributed by atoms with van der Waals surface area (Å²) in [4.78, 5) is 29.8. The number of hydrogen-bond donors (Lipinski definition) is 1. The smallest absolute Gasteiger partial charge is 0.300 e. The Kier molecular flexibility index (Phi) is 4.78. The van der Waals surface area contributed by atoms with Gasteiger partial charge in [0, 0.05) is 18.9 Å². The summed E-state index contributed by atoms with van der Waals surface area (Å²) in [7, 11) is 0. The molecule has 0 atom stereocenters. The Bertz CT molecular complexity index is 664. The molecular formula is C13H11ClN4O3. The summed E-state index contributed by atoms with van der Waals surface area (Å²) >= 11 is 5.67. The molecule has 0 unspecified atom stereocenters. The normalized spacial score (nSPS) is 10.1. The fourth-order valence-electron chi connectivity index (χ4n) is 1.71. The Labute approximate surface area is 125 Å². The van der Waals surface area contributed by atoms with E-state index in [9.17, 15) is 14.9 Å². The molecule has 1 N–H and O–H groups in total. The van der Waals surface area contributed by atoms with Crippen LogP contribution >= 0.6 is 11.6 Å². The van der Waals surface area contributed by atoms with Crippen molar-refractivity contribution in [1.29, 1.82) is 0 Å². The van der Waals surface area contributed by atoms with E-state index in [1.54, 1.807) is 18.5 Å². The van der Waals surface area contributed by atoms with Crippen LogP contribution in [0, 0.1) is 10.1 Å². The number of pyridine rings is 2. The fraction of sp³-hybridized carbons (Fsp3) is 0.154. The molecule has 0 aliphatic carbocycles. The van der Waals surface area contributed by atoms with Gasteiger partial charge in [-0.25, -0.2) is 4.98 Å². The highest BCUT2D eigenvalue weighted by Crippen LogP contribution is 2.20. The van der Waals surface area contributed by atoms with Crippen molar-refractivity contribution in [3.8, 4) is 0 Å². The summed E-state index contributed by atoms with van der Waals surface area (Å²) in [5.74, 6) is -0.560. The number of nitrogens with one attached hydrogen (secondary N) is 1. The van der Waals surface area contributed by atoms with Gasteiger partial charge in [-0.15, -0.1) is 0 Å². The van der Waals surface area contributed by atoms with Crippen LogP contribution in [0.4, 0.5) is 5.69 Å². The van der Waals surface area contributed by atoms with Gasteiger partial charge in [0.05, 0.1) is 4.92 Å². The van der Waals surface area contributed by atoms with Crippen LogP contribution in [0.1, 0.15) is 15.9 Å². The SMILES string of the molecule is O=C(NCCc1cccnc1)c1cc(Cl)ncc1[N+](=O)[O-]. The molecule has 21 heavy (non-hydrogen) atoms. The molecule has 2 heterocycles. The second-order valence-corrected chi connectivity index (χ2v) is 4.54. The maximum atomic E-state index is 12.0. The number of aromatic nitrogens is 2. The molecule has 0 aliphatic rings. The zero-order valence-corrected chi connectivity index (χ0v) is 11.6.